The van der Waals surface area contributed by atoms with Crippen LogP contribution < -0.4 is 11.1 Å². The Balaban J connectivity index is 2.22. The Labute approximate surface area is 119 Å². The number of benzene rings is 1. The molecule has 0 unspecified atom stereocenters. The number of carbonyl (C=O) groups excluding carboxylic acids is 1. The molecule has 0 aliphatic rings. The van der Waals surface area contributed by atoms with Crippen molar-refractivity contribution in [3.63, 3.8) is 0 Å². The number of nitrogens with two attached hydrogens (primary N) is 1. The van der Waals surface area contributed by atoms with Crippen molar-refractivity contribution in [2.24, 2.45) is 0 Å². The second-order valence-electron chi connectivity index (χ2n) is 4.18. The predicted molar refractivity (Wildman–Crippen MR) is 79.1 cm³/mol. The third-order valence-corrected chi connectivity index (χ3v) is 3.38. The molecule has 0 aliphatic carbocycles. The summed E-state index contributed by atoms with van der Waals surface area (Å²) < 4.78 is 2.43. The van der Waals surface area contributed by atoms with E-state index in [0.717, 1.165) is 10.2 Å². The number of carbonyl (C=O) groups is 1. The maximum atomic E-state index is 12.2. The number of aryl methyl sites for hydroxylation is 2. The van der Waals surface area contributed by atoms with Crippen LogP contribution in [0.3, 0.4) is 0 Å². The highest BCUT2D eigenvalue weighted by atomic mass is 79.9. The molecule has 0 aliphatic heterocycles. The summed E-state index contributed by atoms with van der Waals surface area (Å²) in [5.74, 6) is -0.181. The molecule has 1 aromatic heterocycles. The molecule has 3 N–H and O–H groups in total. The van der Waals surface area contributed by atoms with Crippen molar-refractivity contribution in [1.82, 2.24) is 9.78 Å². The van der Waals surface area contributed by atoms with Gasteiger partial charge >= 0.3 is 0 Å². The Morgan fingerprint density at radius 1 is 1.47 bits per heavy atom. The summed E-state index contributed by atoms with van der Waals surface area (Å²) >= 11 is 3.33. The van der Waals surface area contributed by atoms with E-state index in [0.29, 0.717) is 23.6 Å². The molecule has 100 valence electrons. The van der Waals surface area contributed by atoms with Gasteiger partial charge in [0.25, 0.3) is 5.91 Å². The molecule has 2 aromatic rings. The highest BCUT2D eigenvalue weighted by molar-refractivity contribution is 9.10. The van der Waals surface area contributed by atoms with Gasteiger partial charge in [0.05, 0.1) is 5.69 Å². The summed E-state index contributed by atoms with van der Waals surface area (Å²) in [5, 5.41) is 7.08. The number of halogens is 1. The summed E-state index contributed by atoms with van der Waals surface area (Å²) in [5.41, 5.74) is 8.40. The monoisotopic (exact) mass is 322 g/mol. The molecular formula is C13H15BrN4O. The fourth-order valence-electron chi connectivity index (χ4n) is 1.77. The lowest BCUT2D eigenvalue weighted by molar-refractivity contribution is 0.101. The molecule has 2 rings (SSSR count). The molecule has 1 heterocycles. The van der Waals surface area contributed by atoms with Gasteiger partial charge in [0.2, 0.25) is 0 Å². The molecule has 6 heteroatoms. The van der Waals surface area contributed by atoms with Gasteiger partial charge in [0.15, 0.2) is 0 Å². The van der Waals surface area contributed by atoms with Gasteiger partial charge in [-0.05, 0) is 54.0 Å². The second-order valence-corrected chi connectivity index (χ2v) is 5.03. The summed E-state index contributed by atoms with van der Waals surface area (Å²) in [6.07, 6.45) is 0. The van der Waals surface area contributed by atoms with Crippen LogP contribution in [0.4, 0.5) is 11.4 Å². The second kappa shape index (κ2) is 5.44. The largest absolute Gasteiger partial charge is 0.398 e. The van der Waals surface area contributed by atoms with E-state index in [1.165, 1.54) is 0 Å². The lowest BCUT2D eigenvalue weighted by atomic mass is 10.2. The fraction of sp³-hybridized carbons (Fsp3) is 0.231. The number of hydrogen-bond donors (Lipinski definition) is 2. The number of amides is 1. The number of nitrogen functional groups attached to an aromatic ring is 1. The van der Waals surface area contributed by atoms with Crippen molar-refractivity contribution in [1.29, 1.82) is 0 Å². The first kappa shape index (κ1) is 13.6. The summed E-state index contributed by atoms with van der Waals surface area (Å²) in [4.78, 5) is 12.2. The van der Waals surface area contributed by atoms with E-state index in [1.807, 2.05) is 13.8 Å². The van der Waals surface area contributed by atoms with Crippen molar-refractivity contribution in [2.45, 2.75) is 20.4 Å². The normalized spacial score (nSPS) is 10.5. The molecule has 19 heavy (non-hydrogen) atoms. The first-order valence-electron chi connectivity index (χ1n) is 5.92. The molecule has 0 radical (unpaired) electrons. The first-order valence-corrected chi connectivity index (χ1v) is 6.71. The van der Waals surface area contributed by atoms with Gasteiger partial charge in [-0.25, -0.2) is 0 Å². The zero-order valence-corrected chi connectivity index (χ0v) is 12.4. The maximum Gasteiger partial charge on any atom is 0.273 e. The van der Waals surface area contributed by atoms with Crippen LogP contribution in [0, 0.1) is 6.92 Å². The third kappa shape index (κ3) is 2.96. The van der Waals surface area contributed by atoms with Crippen LogP contribution in [0.15, 0.2) is 28.7 Å². The first-order chi connectivity index (χ1) is 9.01. The van der Waals surface area contributed by atoms with E-state index < -0.39 is 0 Å². The Hall–Kier alpha value is -1.82. The van der Waals surface area contributed by atoms with Gasteiger partial charge in [0.1, 0.15) is 5.69 Å². The average Bonchev–Trinajstić information content (AvgIpc) is 2.75. The highest BCUT2D eigenvalue weighted by Gasteiger charge is 2.13. The molecule has 0 spiro atoms. The number of aromatic nitrogens is 2. The molecule has 1 amide bonds. The van der Waals surface area contributed by atoms with E-state index in [4.69, 9.17) is 5.73 Å². The van der Waals surface area contributed by atoms with Gasteiger partial charge < -0.3 is 11.1 Å². The van der Waals surface area contributed by atoms with Gasteiger partial charge in [0, 0.05) is 22.4 Å². The fourth-order valence-corrected chi connectivity index (χ4v) is 2.15. The van der Waals surface area contributed by atoms with E-state index in [9.17, 15) is 4.79 Å². The van der Waals surface area contributed by atoms with Gasteiger partial charge in [-0.1, -0.05) is 0 Å². The molecule has 0 atom stereocenters. The highest BCUT2D eigenvalue weighted by Crippen LogP contribution is 2.23. The van der Waals surface area contributed by atoms with E-state index in [-0.39, 0.29) is 5.91 Å². The van der Waals surface area contributed by atoms with Crippen LogP contribution in [0.5, 0.6) is 0 Å². The number of hydrogen-bond acceptors (Lipinski definition) is 3. The Bertz CT molecular complexity index is 621. The van der Waals surface area contributed by atoms with Gasteiger partial charge in [-0.2, -0.15) is 5.10 Å². The number of nitrogens with zero attached hydrogens (tertiary/aromatic N) is 2. The summed E-state index contributed by atoms with van der Waals surface area (Å²) in [7, 11) is 0. The average molecular weight is 323 g/mol. The molecule has 5 nitrogen and oxygen atoms in total. The summed E-state index contributed by atoms with van der Waals surface area (Å²) in [6, 6.07) is 7.04. The number of nitrogens with one attached hydrogen (secondary N) is 1. The quantitative estimate of drug-likeness (QED) is 0.853. The molecule has 0 saturated heterocycles. The van der Waals surface area contributed by atoms with Crippen molar-refractivity contribution < 1.29 is 4.79 Å². The minimum atomic E-state index is -0.181. The van der Waals surface area contributed by atoms with Crippen molar-refractivity contribution >= 4 is 33.2 Å². The van der Waals surface area contributed by atoms with E-state index in [1.54, 1.807) is 28.9 Å². The lowest BCUT2D eigenvalue weighted by Crippen LogP contribution is -2.17. The molecule has 1 aromatic carbocycles. The molecule has 0 saturated carbocycles. The zero-order chi connectivity index (χ0) is 14.0. The minimum absolute atomic E-state index is 0.181. The SMILES string of the molecule is CCn1nc(C)cc1C(=O)Nc1ccc(N)c(Br)c1. The van der Waals surface area contributed by atoms with Crippen molar-refractivity contribution in [3.8, 4) is 0 Å². The van der Waals surface area contributed by atoms with Crippen LogP contribution in [-0.4, -0.2) is 15.7 Å². The standard InChI is InChI=1S/C13H15BrN4O/c1-3-18-12(6-8(2)17-18)13(19)16-9-4-5-11(15)10(14)7-9/h4-7H,3,15H2,1-2H3,(H,16,19). The van der Waals surface area contributed by atoms with Crippen LogP contribution in [0.25, 0.3) is 0 Å². The Morgan fingerprint density at radius 2 is 2.21 bits per heavy atom. The molecule has 0 fully saturated rings. The van der Waals surface area contributed by atoms with Crippen molar-refractivity contribution in [3.05, 3.63) is 40.1 Å². The van der Waals surface area contributed by atoms with Crippen molar-refractivity contribution in [2.75, 3.05) is 11.1 Å². The minimum Gasteiger partial charge on any atom is -0.398 e. The number of rotatable bonds is 3. The summed E-state index contributed by atoms with van der Waals surface area (Å²) in [6.45, 7) is 4.47. The van der Waals surface area contributed by atoms with E-state index in [2.05, 4.69) is 26.3 Å². The number of anilines is 2. The molecule has 0 bridgehead atoms. The van der Waals surface area contributed by atoms with Crippen LogP contribution >= 0.6 is 15.9 Å². The smallest absolute Gasteiger partial charge is 0.273 e. The molecular weight excluding hydrogens is 308 g/mol. The topological polar surface area (TPSA) is 72.9 Å². The van der Waals surface area contributed by atoms with Crippen LogP contribution in [-0.2, 0) is 6.54 Å². The van der Waals surface area contributed by atoms with E-state index >= 15 is 0 Å². The maximum absolute atomic E-state index is 12.2. The van der Waals surface area contributed by atoms with Crippen LogP contribution in [0.1, 0.15) is 23.1 Å². The third-order valence-electron chi connectivity index (χ3n) is 2.69. The predicted octanol–water partition coefficient (Wildman–Crippen LogP) is 2.81. The van der Waals surface area contributed by atoms with Gasteiger partial charge in [-0.3, -0.25) is 9.48 Å². The van der Waals surface area contributed by atoms with Crippen LogP contribution in [0.2, 0.25) is 0 Å². The Morgan fingerprint density at radius 3 is 2.84 bits per heavy atom. The Kier molecular flexibility index (Phi) is 3.90. The lowest BCUT2D eigenvalue weighted by Gasteiger charge is -2.08. The zero-order valence-electron chi connectivity index (χ0n) is 10.8. The van der Waals surface area contributed by atoms with Gasteiger partial charge in [-0.15, -0.1) is 0 Å².